The van der Waals surface area contributed by atoms with Gasteiger partial charge in [-0.3, -0.25) is 9.59 Å². The van der Waals surface area contributed by atoms with Gasteiger partial charge >= 0.3 is 18.1 Å². The molecule has 0 aliphatic heterocycles. The van der Waals surface area contributed by atoms with E-state index in [0.29, 0.717) is 6.42 Å². The Morgan fingerprint density at radius 2 is 1.76 bits per heavy atom. The maximum Gasteiger partial charge on any atom is 0.471 e. The first-order valence-electron chi connectivity index (χ1n) is 4.98. The van der Waals surface area contributed by atoms with Crippen molar-refractivity contribution < 1.29 is 32.6 Å². The maximum atomic E-state index is 11.7. The number of carbonyl (C=O) groups is 2. The molecule has 1 amide bonds. The molecule has 0 saturated carbocycles. The highest BCUT2D eigenvalue weighted by atomic mass is 19.4. The summed E-state index contributed by atoms with van der Waals surface area (Å²) in [5.41, 5.74) is 0. The lowest BCUT2D eigenvalue weighted by Gasteiger charge is -2.07. The van der Waals surface area contributed by atoms with E-state index in [-0.39, 0.29) is 32.6 Å². The van der Waals surface area contributed by atoms with Gasteiger partial charge in [0.2, 0.25) is 0 Å². The lowest BCUT2D eigenvalue weighted by atomic mass is 10.3. The third-order valence-electron chi connectivity index (χ3n) is 1.69. The number of carboxylic acid groups (broad SMARTS) is 1. The summed E-state index contributed by atoms with van der Waals surface area (Å²) in [6, 6.07) is 0. The molecule has 5 nitrogen and oxygen atoms in total. The summed E-state index contributed by atoms with van der Waals surface area (Å²) in [5.74, 6) is -2.89. The van der Waals surface area contributed by atoms with Gasteiger partial charge in [0.1, 0.15) is 0 Å². The normalized spacial score (nSPS) is 11.2. The molecule has 0 aliphatic carbocycles. The van der Waals surface area contributed by atoms with Gasteiger partial charge in [-0.05, 0) is 12.8 Å². The summed E-state index contributed by atoms with van der Waals surface area (Å²) in [5, 5.41) is 9.98. The summed E-state index contributed by atoms with van der Waals surface area (Å²) in [6.45, 7) is 0.286. The Kier molecular flexibility index (Phi) is 7.27. The molecule has 2 N–H and O–H groups in total. The second-order valence-electron chi connectivity index (χ2n) is 3.22. The number of aliphatic carboxylic acids is 1. The highest BCUT2D eigenvalue weighted by Gasteiger charge is 2.38. The zero-order chi connectivity index (χ0) is 13.3. The predicted molar refractivity (Wildman–Crippen MR) is 51.4 cm³/mol. The molecule has 0 aliphatic rings. The minimum atomic E-state index is -4.86. The van der Waals surface area contributed by atoms with Crippen LogP contribution in [0.1, 0.15) is 19.3 Å². The van der Waals surface area contributed by atoms with Crippen molar-refractivity contribution in [2.75, 3.05) is 19.8 Å². The first-order valence-corrected chi connectivity index (χ1v) is 4.98. The van der Waals surface area contributed by atoms with Gasteiger partial charge in [-0.2, -0.15) is 13.2 Å². The number of alkyl halides is 3. The number of carboxylic acids is 1. The standard InChI is InChI=1S/C9H14F3NO4/c10-9(11,12)8(16)13-4-2-6-17-5-1-3-7(14)15/h1-6H2,(H,13,16)(H,14,15). The van der Waals surface area contributed by atoms with Crippen LogP contribution >= 0.6 is 0 Å². The number of ether oxygens (including phenoxy) is 1. The second-order valence-corrected chi connectivity index (χ2v) is 3.22. The molecule has 0 bridgehead atoms. The average Bonchev–Trinajstić information content (AvgIpc) is 2.19. The van der Waals surface area contributed by atoms with Gasteiger partial charge < -0.3 is 15.2 Å². The molecule has 8 heteroatoms. The highest BCUT2D eigenvalue weighted by Crippen LogP contribution is 2.13. The van der Waals surface area contributed by atoms with Gasteiger partial charge in [-0.15, -0.1) is 0 Å². The van der Waals surface area contributed by atoms with Crippen molar-refractivity contribution >= 4 is 11.9 Å². The Morgan fingerprint density at radius 1 is 1.18 bits per heavy atom. The van der Waals surface area contributed by atoms with Crippen molar-refractivity contribution in [1.29, 1.82) is 0 Å². The van der Waals surface area contributed by atoms with Crippen LogP contribution in [0.2, 0.25) is 0 Å². The number of rotatable bonds is 8. The topological polar surface area (TPSA) is 75.6 Å². The Balaban J connectivity index is 3.30. The van der Waals surface area contributed by atoms with Gasteiger partial charge in [0.15, 0.2) is 0 Å². The molecule has 0 heterocycles. The van der Waals surface area contributed by atoms with Crippen LogP contribution in [0.5, 0.6) is 0 Å². The summed E-state index contributed by atoms with van der Waals surface area (Å²) in [6.07, 6.45) is -4.27. The van der Waals surface area contributed by atoms with Crippen molar-refractivity contribution in [2.45, 2.75) is 25.4 Å². The predicted octanol–water partition coefficient (Wildman–Crippen LogP) is 0.936. The van der Waals surface area contributed by atoms with Gasteiger partial charge in [-0.25, -0.2) is 0 Å². The summed E-state index contributed by atoms with van der Waals surface area (Å²) in [7, 11) is 0. The smallest absolute Gasteiger partial charge is 0.471 e. The SMILES string of the molecule is O=C(O)CCCOCCCNC(=O)C(F)(F)F. The number of amides is 1. The highest BCUT2D eigenvalue weighted by molar-refractivity contribution is 5.81. The number of carbonyl (C=O) groups excluding carboxylic acids is 1. The molecule has 17 heavy (non-hydrogen) atoms. The van der Waals surface area contributed by atoms with Crippen LogP contribution in [0.25, 0.3) is 0 Å². The number of nitrogens with one attached hydrogen (secondary N) is 1. The van der Waals surface area contributed by atoms with E-state index < -0.39 is 18.1 Å². The van der Waals surface area contributed by atoms with Crippen LogP contribution in [-0.2, 0) is 14.3 Å². The fourth-order valence-corrected chi connectivity index (χ4v) is 0.904. The van der Waals surface area contributed by atoms with Crippen LogP contribution in [-0.4, -0.2) is 42.9 Å². The van der Waals surface area contributed by atoms with E-state index in [4.69, 9.17) is 9.84 Å². The minimum absolute atomic E-state index is 0.00912. The number of hydrogen-bond acceptors (Lipinski definition) is 3. The molecular weight excluding hydrogens is 243 g/mol. The molecule has 0 unspecified atom stereocenters. The summed E-state index contributed by atoms with van der Waals surface area (Å²) < 4.78 is 40.1. The molecule has 0 spiro atoms. The number of halogens is 3. The van der Waals surface area contributed by atoms with Crippen molar-refractivity contribution in [3.63, 3.8) is 0 Å². The van der Waals surface area contributed by atoms with Crippen molar-refractivity contribution in [3.8, 4) is 0 Å². The van der Waals surface area contributed by atoms with Gasteiger partial charge in [0.25, 0.3) is 0 Å². The third-order valence-corrected chi connectivity index (χ3v) is 1.69. The first-order chi connectivity index (χ1) is 7.84. The van der Waals surface area contributed by atoms with Crippen molar-refractivity contribution in [1.82, 2.24) is 5.32 Å². The Morgan fingerprint density at radius 3 is 2.29 bits per heavy atom. The van der Waals surface area contributed by atoms with E-state index in [1.807, 2.05) is 0 Å². The van der Waals surface area contributed by atoms with Gasteiger partial charge in [0.05, 0.1) is 0 Å². The van der Waals surface area contributed by atoms with E-state index >= 15 is 0 Å². The Labute approximate surface area is 95.9 Å². The number of hydrogen-bond donors (Lipinski definition) is 2. The van der Waals surface area contributed by atoms with E-state index in [0.717, 1.165) is 0 Å². The molecular formula is C9H14F3NO4. The largest absolute Gasteiger partial charge is 0.481 e. The van der Waals surface area contributed by atoms with Crippen LogP contribution in [0.4, 0.5) is 13.2 Å². The fourth-order valence-electron chi connectivity index (χ4n) is 0.904. The monoisotopic (exact) mass is 257 g/mol. The van der Waals surface area contributed by atoms with Crippen molar-refractivity contribution in [2.24, 2.45) is 0 Å². The average molecular weight is 257 g/mol. The zero-order valence-corrected chi connectivity index (χ0v) is 9.05. The Hall–Kier alpha value is -1.31. The molecule has 0 radical (unpaired) electrons. The van der Waals surface area contributed by atoms with Crippen LogP contribution in [0.3, 0.4) is 0 Å². The molecule has 0 aromatic heterocycles. The maximum absolute atomic E-state index is 11.7. The van der Waals surface area contributed by atoms with E-state index in [1.54, 1.807) is 5.32 Å². The Bertz CT molecular complexity index is 255. The molecule has 100 valence electrons. The van der Waals surface area contributed by atoms with Crippen LogP contribution < -0.4 is 5.32 Å². The van der Waals surface area contributed by atoms with Crippen LogP contribution in [0, 0.1) is 0 Å². The van der Waals surface area contributed by atoms with Crippen LogP contribution in [0.15, 0.2) is 0 Å². The lowest BCUT2D eigenvalue weighted by molar-refractivity contribution is -0.173. The van der Waals surface area contributed by atoms with E-state index in [9.17, 15) is 22.8 Å². The lowest BCUT2D eigenvalue weighted by Crippen LogP contribution is -2.37. The fraction of sp³-hybridized carbons (Fsp3) is 0.778. The third kappa shape index (κ3) is 9.61. The summed E-state index contributed by atoms with van der Waals surface area (Å²) in [4.78, 5) is 20.4. The quantitative estimate of drug-likeness (QED) is 0.634. The minimum Gasteiger partial charge on any atom is -0.481 e. The van der Waals surface area contributed by atoms with Gasteiger partial charge in [-0.1, -0.05) is 0 Å². The molecule has 0 saturated heterocycles. The molecule has 0 atom stereocenters. The molecule has 0 fully saturated rings. The zero-order valence-electron chi connectivity index (χ0n) is 9.05. The van der Waals surface area contributed by atoms with Crippen molar-refractivity contribution in [3.05, 3.63) is 0 Å². The summed E-state index contributed by atoms with van der Waals surface area (Å²) >= 11 is 0. The second kappa shape index (κ2) is 7.88. The molecule has 0 rings (SSSR count). The van der Waals surface area contributed by atoms with Gasteiger partial charge in [0, 0.05) is 26.2 Å². The molecule has 0 aromatic carbocycles. The van der Waals surface area contributed by atoms with E-state index in [2.05, 4.69) is 0 Å². The molecule has 0 aromatic rings. The first kappa shape index (κ1) is 15.7. The van der Waals surface area contributed by atoms with E-state index in [1.165, 1.54) is 0 Å².